The van der Waals surface area contributed by atoms with Crippen molar-refractivity contribution in [2.45, 2.75) is 4.90 Å². The van der Waals surface area contributed by atoms with Crippen molar-refractivity contribution in [1.29, 1.82) is 0 Å². The van der Waals surface area contributed by atoms with Gasteiger partial charge in [0, 0.05) is 17.7 Å². The van der Waals surface area contributed by atoms with E-state index < -0.39 is 20.9 Å². The predicted octanol–water partition coefficient (Wildman–Crippen LogP) is 4.28. The molecule has 0 atom stereocenters. The van der Waals surface area contributed by atoms with E-state index in [0.29, 0.717) is 5.56 Å². The van der Waals surface area contributed by atoms with Crippen LogP contribution in [0.4, 0.5) is 5.69 Å². The Hall–Kier alpha value is -4.57. The third-order valence-electron chi connectivity index (χ3n) is 4.79. The molecular weight excluding hydrogens is 458 g/mol. The Bertz CT molecular complexity index is 1520. The molecule has 1 N–H and O–H groups in total. The van der Waals surface area contributed by atoms with Gasteiger partial charge in [0.1, 0.15) is 10.6 Å². The number of hydrazone groups is 1. The Kier molecular flexibility index (Phi) is 6.33. The molecule has 0 aromatic heterocycles. The molecule has 0 saturated carbocycles. The maximum Gasteiger partial charge on any atom is 0.339 e. The van der Waals surface area contributed by atoms with Crippen molar-refractivity contribution in [1.82, 2.24) is 5.43 Å². The molecule has 4 aromatic carbocycles. The number of rotatable bonds is 7. The summed E-state index contributed by atoms with van der Waals surface area (Å²) in [4.78, 5) is 22.4. The van der Waals surface area contributed by atoms with Crippen molar-refractivity contribution in [2.24, 2.45) is 5.10 Å². The van der Waals surface area contributed by atoms with Gasteiger partial charge in [-0.15, -0.1) is 0 Å². The van der Waals surface area contributed by atoms with E-state index in [0.717, 1.165) is 16.8 Å². The fraction of sp³-hybridized carbons (Fsp3) is 0. The third-order valence-corrected chi connectivity index (χ3v) is 6.04. The molecule has 0 spiro atoms. The summed E-state index contributed by atoms with van der Waals surface area (Å²) in [6.07, 6.45) is 1.34. The van der Waals surface area contributed by atoms with Gasteiger partial charge in [0.2, 0.25) is 0 Å². The molecule has 1 amide bonds. The molecule has 10 heteroatoms. The maximum atomic E-state index is 12.6. The van der Waals surface area contributed by atoms with Gasteiger partial charge < -0.3 is 4.18 Å². The number of amides is 1. The fourth-order valence-corrected chi connectivity index (χ4v) is 4.06. The number of hydrogen-bond donors (Lipinski definition) is 1. The Morgan fingerprint density at radius 1 is 0.912 bits per heavy atom. The second kappa shape index (κ2) is 9.51. The Morgan fingerprint density at radius 2 is 1.65 bits per heavy atom. The van der Waals surface area contributed by atoms with Crippen LogP contribution in [0.5, 0.6) is 5.75 Å². The summed E-state index contributed by atoms with van der Waals surface area (Å²) in [7, 11) is -4.02. The SMILES string of the molecule is O=C(N/N=C\c1ccc(OS(=O)(=O)c2ccc3ccccc3c2)cc1)c1cccc([N+](=O)[O-])c1. The van der Waals surface area contributed by atoms with Gasteiger partial charge in [0.05, 0.1) is 11.1 Å². The molecule has 0 saturated heterocycles. The van der Waals surface area contributed by atoms with Crippen molar-refractivity contribution < 1.29 is 22.3 Å². The van der Waals surface area contributed by atoms with Gasteiger partial charge in [-0.1, -0.05) is 36.4 Å². The zero-order valence-electron chi connectivity index (χ0n) is 17.5. The molecule has 0 aliphatic rings. The molecule has 0 unspecified atom stereocenters. The Labute approximate surface area is 194 Å². The quantitative estimate of drug-likeness (QED) is 0.184. The minimum atomic E-state index is -4.02. The summed E-state index contributed by atoms with van der Waals surface area (Å²) in [5, 5.41) is 16.3. The molecule has 170 valence electrons. The summed E-state index contributed by atoms with van der Waals surface area (Å²) in [5.74, 6) is -0.493. The first-order chi connectivity index (χ1) is 16.3. The lowest BCUT2D eigenvalue weighted by Gasteiger charge is -2.08. The summed E-state index contributed by atoms with van der Waals surface area (Å²) in [6.45, 7) is 0. The van der Waals surface area contributed by atoms with E-state index in [-0.39, 0.29) is 21.9 Å². The van der Waals surface area contributed by atoms with Crippen molar-refractivity contribution in [3.63, 3.8) is 0 Å². The van der Waals surface area contributed by atoms with Crippen molar-refractivity contribution in [2.75, 3.05) is 0 Å². The lowest BCUT2D eigenvalue weighted by Crippen LogP contribution is -2.17. The van der Waals surface area contributed by atoms with Gasteiger partial charge >= 0.3 is 10.1 Å². The van der Waals surface area contributed by atoms with Crippen molar-refractivity contribution >= 4 is 38.7 Å². The zero-order chi connectivity index (χ0) is 24.1. The molecule has 0 heterocycles. The van der Waals surface area contributed by atoms with Crippen molar-refractivity contribution in [3.05, 3.63) is 112 Å². The molecule has 0 radical (unpaired) electrons. The topological polar surface area (TPSA) is 128 Å². The Morgan fingerprint density at radius 3 is 2.38 bits per heavy atom. The van der Waals surface area contributed by atoms with Gasteiger partial charge in [-0.2, -0.15) is 13.5 Å². The maximum absolute atomic E-state index is 12.6. The molecule has 34 heavy (non-hydrogen) atoms. The molecule has 4 aromatic rings. The Balaban J connectivity index is 1.40. The summed E-state index contributed by atoms with van der Waals surface area (Å²) in [5.41, 5.74) is 2.74. The van der Waals surface area contributed by atoms with Crippen LogP contribution >= 0.6 is 0 Å². The molecule has 0 aliphatic heterocycles. The van der Waals surface area contributed by atoms with Crippen molar-refractivity contribution in [3.8, 4) is 5.75 Å². The number of carbonyl (C=O) groups is 1. The van der Waals surface area contributed by atoms with E-state index in [1.165, 1.54) is 42.6 Å². The van der Waals surface area contributed by atoms with E-state index in [4.69, 9.17) is 4.18 Å². The molecule has 0 aliphatic carbocycles. The average Bonchev–Trinajstić information content (AvgIpc) is 2.84. The van der Waals surface area contributed by atoms with E-state index >= 15 is 0 Å². The lowest BCUT2D eigenvalue weighted by molar-refractivity contribution is -0.384. The van der Waals surface area contributed by atoms with Crippen LogP contribution in [0.1, 0.15) is 15.9 Å². The number of carbonyl (C=O) groups excluding carboxylic acids is 1. The standard InChI is InChI=1S/C24H17N3O6S/c28-24(20-6-3-7-21(14-20)27(29)30)26-25-16-17-8-11-22(12-9-17)33-34(31,32)23-13-10-18-4-1-2-5-19(18)15-23/h1-16H,(H,26,28)/b25-16-. The smallest absolute Gasteiger partial charge is 0.339 e. The number of nitrogens with zero attached hydrogens (tertiary/aromatic N) is 2. The van der Waals surface area contributed by atoms with Gasteiger partial charge in [0.25, 0.3) is 11.6 Å². The average molecular weight is 475 g/mol. The van der Waals surface area contributed by atoms with Crippen LogP contribution in [0.2, 0.25) is 0 Å². The number of benzene rings is 4. The number of nitro benzene ring substituents is 1. The van der Waals surface area contributed by atoms with E-state index in [1.807, 2.05) is 24.3 Å². The van der Waals surface area contributed by atoms with Crippen LogP contribution < -0.4 is 9.61 Å². The van der Waals surface area contributed by atoms with E-state index in [9.17, 15) is 23.3 Å². The lowest BCUT2D eigenvalue weighted by atomic mass is 10.1. The first-order valence-electron chi connectivity index (χ1n) is 9.93. The highest BCUT2D eigenvalue weighted by Crippen LogP contribution is 2.23. The van der Waals surface area contributed by atoms with Crippen LogP contribution in [-0.4, -0.2) is 25.5 Å². The molecule has 0 bridgehead atoms. The number of fused-ring (bicyclic) bond motifs is 1. The van der Waals surface area contributed by atoms with Crippen LogP contribution in [-0.2, 0) is 10.1 Å². The van der Waals surface area contributed by atoms with Gasteiger partial charge in [-0.05, 0) is 58.8 Å². The summed E-state index contributed by atoms with van der Waals surface area (Å²) in [6, 6.07) is 23.5. The van der Waals surface area contributed by atoms with Gasteiger partial charge in [-0.3, -0.25) is 14.9 Å². The first kappa shape index (κ1) is 22.6. The minimum absolute atomic E-state index is 0.0423. The highest BCUT2D eigenvalue weighted by molar-refractivity contribution is 7.87. The first-order valence-corrected chi connectivity index (χ1v) is 11.3. The fourth-order valence-electron chi connectivity index (χ4n) is 3.10. The van der Waals surface area contributed by atoms with Gasteiger partial charge in [-0.25, -0.2) is 5.43 Å². The number of nitro groups is 1. The number of non-ortho nitro benzene ring substituents is 1. The second-order valence-corrected chi connectivity index (χ2v) is 8.67. The molecule has 9 nitrogen and oxygen atoms in total. The van der Waals surface area contributed by atoms with Crippen LogP contribution in [0.25, 0.3) is 10.8 Å². The minimum Gasteiger partial charge on any atom is -0.379 e. The molecular formula is C24H17N3O6S. The third kappa shape index (κ3) is 5.25. The van der Waals surface area contributed by atoms with Crippen LogP contribution in [0.15, 0.2) is 101 Å². The molecule has 4 rings (SSSR count). The normalized spacial score (nSPS) is 11.4. The summed E-state index contributed by atoms with van der Waals surface area (Å²) >= 11 is 0. The highest BCUT2D eigenvalue weighted by Gasteiger charge is 2.17. The highest BCUT2D eigenvalue weighted by atomic mass is 32.2. The zero-order valence-corrected chi connectivity index (χ0v) is 18.3. The second-order valence-electron chi connectivity index (χ2n) is 7.12. The number of nitrogens with one attached hydrogen (secondary N) is 1. The molecule has 0 fully saturated rings. The van der Waals surface area contributed by atoms with E-state index in [2.05, 4.69) is 10.5 Å². The summed E-state index contributed by atoms with van der Waals surface area (Å²) < 4.78 is 30.5. The number of hydrogen-bond acceptors (Lipinski definition) is 7. The van der Waals surface area contributed by atoms with Crippen LogP contribution in [0, 0.1) is 10.1 Å². The monoisotopic (exact) mass is 475 g/mol. The van der Waals surface area contributed by atoms with E-state index in [1.54, 1.807) is 24.3 Å². The largest absolute Gasteiger partial charge is 0.379 e. The van der Waals surface area contributed by atoms with Crippen LogP contribution in [0.3, 0.4) is 0 Å². The van der Waals surface area contributed by atoms with Gasteiger partial charge in [0.15, 0.2) is 0 Å². The predicted molar refractivity (Wildman–Crippen MR) is 126 cm³/mol.